The Balaban J connectivity index is 0.000000196. The number of likely N-dealkylation sites (N-methyl/N-ethyl adjacent to an activating group) is 2. The number of nitrogens with one attached hydrogen (secondary N) is 2. The quantitative estimate of drug-likeness (QED) is 0.533. The number of nitrogens with zero attached hydrogens (tertiary/aromatic N) is 4. The number of rotatable bonds is 7. The fraction of sp³-hybridized carbons (Fsp3) is 0.964. The van der Waals surface area contributed by atoms with Crippen LogP contribution < -0.4 is 10.6 Å². The highest BCUT2D eigenvalue weighted by molar-refractivity contribution is 5.78. The summed E-state index contributed by atoms with van der Waals surface area (Å²) < 4.78 is 0. The SMILES string of the molecule is CN1CCN(CC(=O)NC2CCCCCC2)CC1.CN1CCN(CCNC2CCCCCC2)CC1. The second-order valence-electron chi connectivity index (χ2n) is 11.6. The zero-order valence-corrected chi connectivity index (χ0v) is 23.1. The number of amides is 1. The third-order valence-electron chi connectivity index (χ3n) is 8.50. The van der Waals surface area contributed by atoms with E-state index in [1.807, 2.05) is 0 Å². The summed E-state index contributed by atoms with van der Waals surface area (Å²) in [6.07, 6.45) is 16.2. The van der Waals surface area contributed by atoms with Crippen LogP contribution in [0, 0.1) is 0 Å². The van der Waals surface area contributed by atoms with Gasteiger partial charge in [0, 0.05) is 77.5 Å². The highest BCUT2D eigenvalue weighted by Gasteiger charge is 2.19. The van der Waals surface area contributed by atoms with Gasteiger partial charge in [-0.2, -0.15) is 0 Å². The predicted octanol–water partition coefficient (Wildman–Crippen LogP) is 2.62. The largest absolute Gasteiger partial charge is 0.352 e. The van der Waals surface area contributed by atoms with Crippen LogP contribution in [0.3, 0.4) is 0 Å². The summed E-state index contributed by atoms with van der Waals surface area (Å²) in [6.45, 7) is 12.2. The van der Waals surface area contributed by atoms with Gasteiger partial charge in [-0.1, -0.05) is 51.4 Å². The minimum Gasteiger partial charge on any atom is -0.352 e. The van der Waals surface area contributed by atoms with E-state index in [9.17, 15) is 4.79 Å². The summed E-state index contributed by atoms with van der Waals surface area (Å²) in [7, 11) is 4.37. The van der Waals surface area contributed by atoms with Gasteiger partial charge in [-0.3, -0.25) is 14.6 Å². The molecule has 0 unspecified atom stereocenters. The molecular weight excluding hydrogens is 436 g/mol. The second-order valence-corrected chi connectivity index (χ2v) is 11.6. The lowest BCUT2D eigenvalue weighted by molar-refractivity contribution is -0.123. The number of carbonyl (C=O) groups is 1. The molecule has 204 valence electrons. The molecule has 2 saturated heterocycles. The van der Waals surface area contributed by atoms with Crippen molar-refractivity contribution in [2.24, 2.45) is 0 Å². The first kappa shape index (κ1) is 28.8. The molecule has 0 aromatic carbocycles. The fourth-order valence-corrected chi connectivity index (χ4v) is 5.89. The molecule has 1 amide bonds. The highest BCUT2D eigenvalue weighted by Crippen LogP contribution is 2.18. The Bertz CT molecular complexity index is 544. The lowest BCUT2D eigenvalue weighted by Gasteiger charge is -2.32. The first-order chi connectivity index (χ1) is 17.1. The van der Waals surface area contributed by atoms with E-state index in [1.54, 1.807) is 0 Å². The van der Waals surface area contributed by atoms with Crippen LogP contribution in [-0.2, 0) is 4.79 Å². The van der Waals surface area contributed by atoms with Crippen molar-refractivity contribution in [2.75, 3.05) is 86.1 Å². The lowest BCUT2D eigenvalue weighted by Crippen LogP contribution is -2.49. The molecule has 2 aliphatic carbocycles. The van der Waals surface area contributed by atoms with Gasteiger partial charge < -0.3 is 20.4 Å². The van der Waals surface area contributed by atoms with E-state index in [0.29, 0.717) is 12.6 Å². The Kier molecular flexibility index (Phi) is 13.9. The molecule has 4 rings (SSSR count). The van der Waals surface area contributed by atoms with Crippen LogP contribution in [0.25, 0.3) is 0 Å². The van der Waals surface area contributed by atoms with Gasteiger partial charge in [-0.25, -0.2) is 0 Å². The maximum atomic E-state index is 12.0. The first-order valence-corrected chi connectivity index (χ1v) is 14.9. The van der Waals surface area contributed by atoms with Crippen molar-refractivity contribution in [3.05, 3.63) is 0 Å². The monoisotopic (exact) mass is 492 g/mol. The van der Waals surface area contributed by atoms with Crippen molar-refractivity contribution in [1.82, 2.24) is 30.2 Å². The Morgan fingerprint density at radius 2 is 1.09 bits per heavy atom. The van der Waals surface area contributed by atoms with Gasteiger partial charge in [0.15, 0.2) is 0 Å². The van der Waals surface area contributed by atoms with Crippen LogP contribution in [-0.4, -0.2) is 124 Å². The Morgan fingerprint density at radius 3 is 1.60 bits per heavy atom. The van der Waals surface area contributed by atoms with E-state index in [0.717, 1.165) is 32.2 Å². The van der Waals surface area contributed by atoms with Crippen LogP contribution in [0.4, 0.5) is 0 Å². The van der Waals surface area contributed by atoms with Gasteiger partial charge in [0.05, 0.1) is 6.54 Å². The summed E-state index contributed by atoms with van der Waals surface area (Å²) in [6, 6.07) is 1.25. The summed E-state index contributed by atoms with van der Waals surface area (Å²) in [5.74, 6) is 0.228. The van der Waals surface area contributed by atoms with Crippen LogP contribution in [0.5, 0.6) is 0 Å². The third-order valence-corrected chi connectivity index (χ3v) is 8.50. The van der Waals surface area contributed by atoms with Gasteiger partial charge in [0.2, 0.25) is 5.91 Å². The smallest absolute Gasteiger partial charge is 0.234 e. The van der Waals surface area contributed by atoms with Crippen molar-refractivity contribution >= 4 is 5.91 Å². The number of piperazine rings is 2. The van der Waals surface area contributed by atoms with E-state index in [-0.39, 0.29) is 5.91 Å². The molecule has 4 aliphatic rings. The number of hydrogen-bond donors (Lipinski definition) is 2. The van der Waals surface area contributed by atoms with Crippen molar-refractivity contribution in [3.63, 3.8) is 0 Å². The molecular formula is C28H56N6O. The molecule has 0 bridgehead atoms. The average Bonchev–Trinajstić information content (AvgIpc) is 3.28. The van der Waals surface area contributed by atoms with Gasteiger partial charge in [-0.05, 0) is 39.8 Å². The molecule has 7 heteroatoms. The van der Waals surface area contributed by atoms with Crippen LogP contribution >= 0.6 is 0 Å². The van der Waals surface area contributed by atoms with Crippen LogP contribution in [0.2, 0.25) is 0 Å². The summed E-state index contributed by atoms with van der Waals surface area (Å²) >= 11 is 0. The molecule has 7 nitrogen and oxygen atoms in total. The molecule has 0 aromatic heterocycles. The number of carbonyl (C=O) groups excluding carboxylic acids is 1. The maximum absolute atomic E-state index is 12.0. The van der Waals surface area contributed by atoms with E-state index >= 15 is 0 Å². The second kappa shape index (κ2) is 16.9. The Morgan fingerprint density at radius 1 is 0.629 bits per heavy atom. The van der Waals surface area contributed by atoms with Crippen LogP contribution in [0.15, 0.2) is 0 Å². The van der Waals surface area contributed by atoms with Gasteiger partial charge in [0.25, 0.3) is 0 Å². The zero-order valence-electron chi connectivity index (χ0n) is 23.1. The first-order valence-electron chi connectivity index (χ1n) is 14.9. The molecule has 2 aliphatic heterocycles. The van der Waals surface area contributed by atoms with Crippen LogP contribution in [0.1, 0.15) is 77.0 Å². The Labute approximate surface area is 216 Å². The standard InChI is InChI=1S/C14H27N3O.C14H29N3/c1-16-8-10-17(11-9-16)12-14(18)15-13-6-4-2-3-5-7-13;1-16-10-12-17(13-11-16)9-8-15-14-6-4-2-3-5-7-14/h13H,2-12H2,1H3,(H,15,18);14-15H,2-13H2,1H3. The zero-order chi connectivity index (χ0) is 24.7. The normalized spacial score (nSPS) is 25.3. The summed E-state index contributed by atoms with van der Waals surface area (Å²) in [5, 5.41) is 6.99. The topological polar surface area (TPSA) is 54.1 Å². The van der Waals surface area contributed by atoms with Crippen molar-refractivity contribution in [2.45, 2.75) is 89.1 Å². The molecule has 0 aromatic rings. The molecule has 0 radical (unpaired) electrons. The maximum Gasteiger partial charge on any atom is 0.234 e. The number of hydrogen-bond acceptors (Lipinski definition) is 6. The summed E-state index contributed by atoms with van der Waals surface area (Å²) in [5.41, 5.74) is 0. The van der Waals surface area contributed by atoms with Gasteiger partial charge >= 0.3 is 0 Å². The van der Waals surface area contributed by atoms with E-state index in [1.165, 1.54) is 116 Å². The predicted molar refractivity (Wildman–Crippen MR) is 147 cm³/mol. The molecule has 2 heterocycles. The van der Waals surface area contributed by atoms with Gasteiger partial charge in [-0.15, -0.1) is 0 Å². The van der Waals surface area contributed by atoms with E-state index in [2.05, 4.69) is 44.3 Å². The van der Waals surface area contributed by atoms with E-state index < -0.39 is 0 Å². The highest BCUT2D eigenvalue weighted by atomic mass is 16.2. The molecule has 0 atom stereocenters. The average molecular weight is 493 g/mol. The van der Waals surface area contributed by atoms with Crippen molar-refractivity contribution in [3.8, 4) is 0 Å². The fourth-order valence-electron chi connectivity index (χ4n) is 5.89. The Hall–Kier alpha value is -0.730. The molecule has 2 saturated carbocycles. The molecule has 0 spiro atoms. The minimum atomic E-state index is 0.228. The third kappa shape index (κ3) is 12.4. The molecule has 35 heavy (non-hydrogen) atoms. The van der Waals surface area contributed by atoms with Gasteiger partial charge in [0.1, 0.15) is 0 Å². The van der Waals surface area contributed by atoms with E-state index in [4.69, 9.17) is 0 Å². The summed E-state index contributed by atoms with van der Waals surface area (Å²) in [4.78, 5) is 21.6. The lowest BCUT2D eigenvalue weighted by atomic mass is 10.1. The molecule has 4 fully saturated rings. The minimum absolute atomic E-state index is 0.228. The van der Waals surface area contributed by atoms with Crippen molar-refractivity contribution in [1.29, 1.82) is 0 Å². The molecule has 2 N–H and O–H groups in total. The van der Waals surface area contributed by atoms with Crippen molar-refractivity contribution < 1.29 is 4.79 Å².